The van der Waals surface area contributed by atoms with Crippen LogP contribution in [0.4, 0.5) is 5.69 Å². The summed E-state index contributed by atoms with van der Waals surface area (Å²) in [5.41, 5.74) is 3.58. The lowest BCUT2D eigenvalue weighted by molar-refractivity contribution is 0.0963. The molecular weight excluding hydrogens is 386 g/mol. The minimum Gasteiger partial charge on any atom is -0.381 e. The van der Waals surface area contributed by atoms with E-state index in [9.17, 15) is 4.79 Å². The van der Waals surface area contributed by atoms with Crippen LogP contribution in [-0.2, 0) is 0 Å². The Hall–Kier alpha value is -2.86. The number of hydrogen-bond acceptors (Lipinski definition) is 4. The number of rotatable bonds is 9. The average molecular weight is 422 g/mol. The molecule has 166 valence electrons. The van der Waals surface area contributed by atoms with E-state index in [-0.39, 0.29) is 11.9 Å². The summed E-state index contributed by atoms with van der Waals surface area (Å²) in [7, 11) is 1.65. The van der Waals surface area contributed by atoms with Crippen LogP contribution in [0.5, 0.6) is 0 Å². The number of anilines is 1. The van der Waals surface area contributed by atoms with Gasteiger partial charge in [-0.15, -0.1) is 0 Å². The van der Waals surface area contributed by atoms with Gasteiger partial charge in [0, 0.05) is 43.0 Å². The van der Waals surface area contributed by atoms with Crippen molar-refractivity contribution >= 4 is 22.6 Å². The second-order valence-corrected chi connectivity index (χ2v) is 8.14. The quantitative estimate of drug-likeness (QED) is 0.442. The Balaban J connectivity index is 1.78. The molecule has 0 bridgehead atoms. The Bertz CT molecular complexity index is 958. The first-order valence-electron chi connectivity index (χ1n) is 11.2. The third-order valence-electron chi connectivity index (χ3n) is 6.11. The van der Waals surface area contributed by atoms with Gasteiger partial charge in [0.05, 0.1) is 11.3 Å². The van der Waals surface area contributed by atoms with E-state index < -0.39 is 0 Å². The van der Waals surface area contributed by atoms with Crippen molar-refractivity contribution in [2.75, 3.05) is 12.4 Å². The standard InChI is InChI=1S/C25H35N5O/c1-5-8-9-17(6-2)10-11-19-15-20(14-18(7-3)29-19)30-23-21-12-13-27-24(21)28-16-22(23)25(31)26-4/h5-6,8-9,12-13,16,18-20,29H,1,7,10-11,14-15H2,2-4H3,(H,26,31)(H2,27,28,30)/b9-8-,17-6+. The molecule has 1 aliphatic heterocycles. The number of nitrogens with zero attached hydrogens (tertiary/aromatic N) is 1. The number of amides is 1. The molecule has 1 aliphatic rings. The molecule has 3 unspecified atom stereocenters. The topological polar surface area (TPSA) is 81.8 Å². The van der Waals surface area contributed by atoms with E-state index in [1.54, 1.807) is 13.2 Å². The number of allylic oxidation sites excluding steroid dienone is 5. The molecule has 6 heteroatoms. The number of H-pyrrole nitrogens is 1. The van der Waals surface area contributed by atoms with E-state index in [4.69, 9.17) is 0 Å². The molecule has 1 saturated heterocycles. The summed E-state index contributed by atoms with van der Waals surface area (Å²) in [6.07, 6.45) is 16.9. The molecule has 0 aromatic carbocycles. The molecule has 1 amide bonds. The predicted molar refractivity (Wildman–Crippen MR) is 129 cm³/mol. The smallest absolute Gasteiger partial charge is 0.254 e. The Labute approximate surface area is 185 Å². The lowest BCUT2D eigenvalue weighted by Gasteiger charge is -2.37. The number of aromatic amines is 1. The van der Waals surface area contributed by atoms with E-state index in [0.29, 0.717) is 17.6 Å². The van der Waals surface area contributed by atoms with Crippen LogP contribution in [0.3, 0.4) is 0 Å². The fraction of sp³-hybridized carbons (Fsp3) is 0.440. The van der Waals surface area contributed by atoms with Gasteiger partial charge in [0.25, 0.3) is 5.91 Å². The summed E-state index contributed by atoms with van der Waals surface area (Å²) in [4.78, 5) is 20.0. The van der Waals surface area contributed by atoms with Crippen LogP contribution in [-0.4, -0.2) is 41.0 Å². The largest absolute Gasteiger partial charge is 0.381 e. The predicted octanol–water partition coefficient (Wildman–Crippen LogP) is 4.70. The van der Waals surface area contributed by atoms with Crippen LogP contribution in [0.2, 0.25) is 0 Å². The van der Waals surface area contributed by atoms with E-state index in [1.165, 1.54) is 5.57 Å². The first-order valence-corrected chi connectivity index (χ1v) is 11.2. The van der Waals surface area contributed by atoms with Gasteiger partial charge in [-0.2, -0.15) is 0 Å². The maximum atomic E-state index is 12.5. The van der Waals surface area contributed by atoms with Crippen LogP contribution < -0.4 is 16.0 Å². The summed E-state index contributed by atoms with van der Waals surface area (Å²) in [5.74, 6) is -0.123. The number of fused-ring (bicyclic) bond motifs is 1. The van der Waals surface area contributed by atoms with Gasteiger partial charge in [0.15, 0.2) is 0 Å². The third kappa shape index (κ3) is 5.64. The molecule has 2 aromatic rings. The zero-order valence-corrected chi connectivity index (χ0v) is 18.9. The van der Waals surface area contributed by atoms with Crippen LogP contribution >= 0.6 is 0 Å². The fourth-order valence-electron chi connectivity index (χ4n) is 4.39. The first-order chi connectivity index (χ1) is 15.1. The Morgan fingerprint density at radius 3 is 2.87 bits per heavy atom. The van der Waals surface area contributed by atoms with Gasteiger partial charge in [-0.1, -0.05) is 43.4 Å². The number of hydrogen-bond donors (Lipinski definition) is 4. The summed E-state index contributed by atoms with van der Waals surface area (Å²) in [5, 5.41) is 11.2. The lowest BCUT2D eigenvalue weighted by Crippen LogP contribution is -2.49. The molecule has 0 radical (unpaired) electrons. The SMILES string of the molecule is C=C/C=C\C(=C/C)CCC1CC(Nc2c(C(=O)NC)cnc3[nH]ccc23)CC(CC)N1. The van der Waals surface area contributed by atoms with E-state index in [1.807, 2.05) is 24.4 Å². The lowest BCUT2D eigenvalue weighted by atomic mass is 9.88. The highest BCUT2D eigenvalue weighted by molar-refractivity contribution is 6.06. The number of pyridine rings is 1. The molecule has 0 aliphatic carbocycles. The van der Waals surface area contributed by atoms with E-state index >= 15 is 0 Å². The van der Waals surface area contributed by atoms with Gasteiger partial charge in [0.2, 0.25) is 0 Å². The zero-order chi connectivity index (χ0) is 22.2. The molecule has 0 saturated carbocycles. The van der Waals surface area contributed by atoms with Gasteiger partial charge >= 0.3 is 0 Å². The van der Waals surface area contributed by atoms with Gasteiger partial charge in [-0.25, -0.2) is 4.98 Å². The molecule has 6 nitrogen and oxygen atoms in total. The van der Waals surface area contributed by atoms with Crippen molar-refractivity contribution in [1.29, 1.82) is 0 Å². The molecule has 1 fully saturated rings. The highest BCUT2D eigenvalue weighted by Crippen LogP contribution is 2.30. The zero-order valence-electron chi connectivity index (χ0n) is 18.9. The second-order valence-electron chi connectivity index (χ2n) is 8.14. The van der Waals surface area contributed by atoms with Gasteiger partial charge in [0.1, 0.15) is 5.65 Å². The van der Waals surface area contributed by atoms with E-state index in [2.05, 4.69) is 58.5 Å². The Morgan fingerprint density at radius 2 is 2.16 bits per heavy atom. The minimum absolute atomic E-state index is 0.123. The molecule has 4 N–H and O–H groups in total. The highest BCUT2D eigenvalue weighted by Gasteiger charge is 2.28. The normalized spacial score (nSPS) is 22.0. The Kier molecular flexibility index (Phi) is 8.06. The number of nitrogens with one attached hydrogen (secondary N) is 4. The number of carbonyl (C=O) groups excluding carboxylic acids is 1. The monoisotopic (exact) mass is 421 g/mol. The molecule has 31 heavy (non-hydrogen) atoms. The van der Waals surface area contributed by atoms with Crippen molar-refractivity contribution in [3.63, 3.8) is 0 Å². The summed E-state index contributed by atoms with van der Waals surface area (Å²) < 4.78 is 0. The van der Waals surface area contributed by atoms with Crippen LogP contribution in [0.15, 0.2) is 54.9 Å². The third-order valence-corrected chi connectivity index (χ3v) is 6.11. The number of aromatic nitrogens is 2. The van der Waals surface area contributed by atoms with Crippen molar-refractivity contribution in [3.8, 4) is 0 Å². The maximum Gasteiger partial charge on any atom is 0.254 e. The van der Waals surface area contributed by atoms with Crippen LogP contribution in [0.1, 0.15) is 56.3 Å². The number of piperidine rings is 1. The van der Waals surface area contributed by atoms with Gasteiger partial charge in [-0.05, 0) is 45.1 Å². The van der Waals surface area contributed by atoms with Crippen molar-refractivity contribution in [2.24, 2.45) is 0 Å². The molecule has 0 spiro atoms. The minimum atomic E-state index is -0.123. The van der Waals surface area contributed by atoms with Gasteiger partial charge < -0.3 is 20.9 Å². The molecule has 2 aromatic heterocycles. The summed E-state index contributed by atoms with van der Waals surface area (Å²) >= 11 is 0. The van der Waals surface area contributed by atoms with Crippen molar-refractivity contribution in [3.05, 3.63) is 60.5 Å². The molecular formula is C25H35N5O. The highest BCUT2D eigenvalue weighted by atomic mass is 16.1. The maximum absolute atomic E-state index is 12.5. The first kappa shape index (κ1) is 22.8. The average Bonchev–Trinajstić information content (AvgIpc) is 3.28. The second kappa shape index (κ2) is 11.0. The van der Waals surface area contributed by atoms with Crippen molar-refractivity contribution < 1.29 is 4.79 Å². The van der Waals surface area contributed by atoms with E-state index in [0.717, 1.165) is 48.8 Å². The number of carbonyl (C=O) groups is 1. The molecule has 3 rings (SSSR count). The van der Waals surface area contributed by atoms with Gasteiger partial charge in [-0.3, -0.25) is 4.79 Å². The molecule has 3 atom stereocenters. The fourth-order valence-corrected chi connectivity index (χ4v) is 4.39. The molecule has 3 heterocycles. The summed E-state index contributed by atoms with van der Waals surface area (Å²) in [6.45, 7) is 8.08. The van der Waals surface area contributed by atoms with Crippen LogP contribution in [0, 0.1) is 0 Å². The Morgan fingerprint density at radius 1 is 1.35 bits per heavy atom. The van der Waals surface area contributed by atoms with Crippen LogP contribution in [0.25, 0.3) is 11.0 Å². The van der Waals surface area contributed by atoms with Crippen molar-refractivity contribution in [2.45, 2.75) is 64.1 Å². The van der Waals surface area contributed by atoms with Crippen molar-refractivity contribution in [1.82, 2.24) is 20.6 Å². The summed E-state index contributed by atoms with van der Waals surface area (Å²) in [6, 6.07) is 3.16.